The fourth-order valence-corrected chi connectivity index (χ4v) is 5.74. The first kappa shape index (κ1) is 26.0. The van der Waals surface area contributed by atoms with E-state index in [0.29, 0.717) is 52.5 Å². The van der Waals surface area contributed by atoms with Crippen molar-refractivity contribution in [3.63, 3.8) is 0 Å². The lowest BCUT2D eigenvalue weighted by molar-refractivity contribution is -0.107. The number of benzene rings is 4. The molecule has 6 nitrogen and oxygen atoms in total. The minimum Gasteiger partial charge on any atom is -0.278 e. The summed E-state index contributed by atoms with van der Waals surface area (Å²) in [6, 6.07) is 18.1. The van der Waals surface area contributed by atoms with Crippen LogP contribution in [0.1, 0.15) is 72.7 Å². The van der Waals surface area contributed by atoms with Gasteiger partial charge in [0.15, 0.2) is 0 Å². The lowest BCUT2D eigenvalue weighted by atomic mass is 9.87. The second kappa shape index (κ2) is 9.95. The van der Waals surface area contributed by atoms with Crippen molar-refractivity contribution >= 4 is 46.3 Å². The molecule has 0 N–H and O–H groups in total. The van der Waals surface area contributed by atoms with Gasteiger partial charge in [0, 0.05) is 22.1 Å². The maximum Gasteiger partial charge on any atom is 0.266 e. The molecule has 0 bridgehead atoms. The second-order valence-electron chi connectivity index (χ2n) is 9.94. The van der Waals surface area contributed by atoms with Crippen LogP contribution in [0.4, 0.5) is 11.4 Å². The Morgan fingerprint density at radius 3 is 1.95 bits per heavy atom. The SMILES string of the molecule is CCc1cccc(C)c1N(C=O)C(=O)c1ccc2c3c(ccc(C)c13)C(=O)N(c1c(C)cccc1CC)C2=O. The average Bonchev–Trinajstić information content (AvgIpc) is 2.93. The molecule has 0 fully saturated rings. The Kier molecular flexibility index (Phi) is 6.64. The molecule has 5 rings (SSSR count). The molecule has 0 spiro atoms. The van der Waals surface area contributed by atoms with Crippen LogP contribution in [-0.2, 0) is 17.6 Å². The van der Waals surface area contributed by atoms with E-state index >= 15 is 0 Å². The number of carbonyl (C=O) groups is 4. The Labute approximate surface area is 227 Å². The summed E-state index contributed by atoms with van der Waals surface area (Å²) in [4.78, 5) is 56.6. The van der Waals surface area contributed by atoms with Crippen molar-refractivity contribution in [2.45, 2.75) is 47.5 Å². The summed E-state index contributed by atoms with van der Waals surface area (Å²) in [5, 5.41) is 0.959. The summed E-state index contributed by atoms with van der Waals surface area (Å²) >= 11 is 0. The third-order valence-corrected chi connectivity index (χ3v) is 7.66. The van der Waals surface area contributed by atoms with Crippen LogP contribution in [0.3, 0.4) is 0 Å². The van der Waals surface area contributed by atoms with Crippen molar-refractivity contribution in [1.82, 2.24) is 0 Å². The van der Waals surface area contributed by atoms with Crippen molar-refractivity contribution < 1.29 is 19.2 Å². The van der Waals surface area contributed by atoms with E-state index < -0.39 is 17.7 Å². The molecule has 1 aliphatic rings. The van der Waals surface area contributed by atoms with Crippen molar-refractivity contribution in [3.05, 3.63) is 105 Å². The van der Waals surface area contributed by atoms with Crippen LogP contribution in [0, 0.1) is 20.8 Å². The molecule has 4 amide bonds. The number of nitrogens with zero attached hydrogens (tertiary/aromatic N) is 2. The first-order valence-corrected chi connectivity index (χ1v) is 13.2. The first-order chi connectivity index (χ1) is 18.7. The predicted octanol–water partition coefficient (Wildman–Crippen LogP) is 6.49. The molecule has 0 unspecified atom stereocenters. The quantitative estimate of drug-likeness (QED) is 0.216. The summed E-state index contributed by atoms with van der Waals surface area (Å²) < 4.78 is 0. The fourth-order valence-electron chi connectivity index (χ4n) is 5.74. The second-order valence-corrected chi connectivity index (χ2v) is 9.94. The van der Waals surface area contributed by atoms with Gasteiger partial charge in [-0.1, -0.05) is 56.3 Å². The van der Waals surface area contributed by atoms with Gasteiger partial charge >= 0.3 is 0 Å². The molecular weight excluding hydrogens is 488 g/mol. The normalized spacial score (nSPS) is 12.7. The third kappa shape index (κ3) is 3.95. The third-order valence-electron chi connectivity index (χ3n) is 7.66. The van der Waals surface area contributed by atoms with Crippen molar-refractivity contribution in [1.29, 1.82) is 0 Å². The predicted molar refractivity (Wildman–Crippen MR) is 154 cm³/mol. The molecule has 1 aliphatic heterocycles. The van der Waals surface area contributed by atoms with Gasteiger partial charge in [0.05, 0.1) is 11.4 Å². The van der Waals surface area contributed by atoms with E-state index in [1.165, 1.54) is 4.90 Å². The maximum atomic E-state index is 14.0. The van der Waals surface area contributed by atoms with E-state index in [1.54, 1.807) is 24.3 Å². The van der Waals surface area contributed by atoms with E-state index in [1.807, 2.05) is 71.0 Å². The largest absolute Gasteiger partial charge is 0.278 e. The van der Waals surface area contributed by atoms with Crippen molar-refractivity contribution in [2.75, 3.05) is 9.80 Å². The number of aryl methyl sites for hydroxylation is 5. The van der Waals surface area contributed by atoms with E-state index in [9.17, 15) is 19.2 Å². The van der Waals surface area contributed by atoms with E-state index in [0.717, 1.165) is 32.7 Å². The standard InChI is InChI=1S/C33H30N2O4/c1-6-22-12-8-10-20(4)29(22)34(18-36)31(37)24-16-17-26-28-25(15-14-19(3)27(24)28)32(38)35(33(26)39)30-21(5)11-9-13-23(30)7-2/h8-18H,6-7H2,1-5H3. The van der Waals surface area contributed by atoms with Crippen LogP contribution in [-0.4, -0.2) is 24.1 Å². The van der Waals surface area contributed by atoms with Crippen LogP contribution >= 0.6 is 0 Å². The van der Waals surface area contributed by atoms with Crippen molar-refractivity contribution in [2.24, 2.45) is 0 Å². The summed E-state index contributed by atoms with van der Waals surface area (Å²) in [5.41, 5.74) is 6.30. The zero-order chi connectivity index (χ0) is 28.0. The maximum absolute atomic E-state index is 14.0. The Balaban J connectivity index is 1.72. The topological polar surface area (TPSA) is 74.8 Å². The summed E-state index contributed by atoms with van der Waals surface area (Å²) in [6.45, 7) is 9.56. The molecule has 0 saturated carbocycles. The molecule has 4 aromatic rings. The number of carbonyl (C=O) groups excluding carboxylic acids is 4. The van der Waals surface area contributed by atoms with E-state index in [4.69, 9.17) is 0 Å². The van der Waals surface area contributed by atoms with Crippen molar-refractivity contribution in [3.8, 4) is 0 Å². The monoisotopic (exact) mass is 518 g/mol. The molecule has 0 atom stereocenters. The van der Waals surface area contributed by atoms with E-state index in [-0.39, 0.29) is 5.56 Å². The van der Waals surface area contributed by atoms with Gasteiger partial charge in [-0.05, 0) is 85.0 Å². The molecule has 6 heteroatoms. The Morgan fingerprint density at radius 2 is 1.33 bits per heavy atom. The number of amides is 4. The van der Waals surface area contributed by atoms with Gasteiger partial charge in [-0.15, -0.1) is 0 Å². The summed E-state index contributed by atoms with van der Waals surface area (Å²) in [5.74, 6) is -1.36. The smallest absolute Gasteiger partial charge is 0.266 e. The van der Waals surface area contributed by atoms with Gasteiger partial charge in [0.2, 0.25) is 6.41 Å². The van der Waals surface area contributed by atoms with Gasteiger partial charge in [-0.2, -0.15) is 0 Å². The van der Waals surface area contributed by atoms with E-state index in [2.05, 4.69) is 0 Å². The highest BCUT2D eigenvalue weighted by atomic mass is 16.2. The van der Waals surface area contributed by atoms with Gasteiger partial charge in [0.1, 0.15) is 0 Å². The number of anilines is 2. The average molecular weight is 519 g/mol. The highest BCUT2D eigenvalue weighted by Crippen LogP contribution is 2.39. The minimum atomic E-state index is -0.504. The number of imide groups is 2. The summed E-state index contributed by atoms with van der Waals surface area (Å²) in [7, 11) is 0. The molecule has 4 aromatic carbocycles. The minimum absolute atomic E-state index is 0.268. The van der Waals surface area contributed by atoms with Crippen LogP contribution < -0.4 is 9.80 Å². The lowest BCUT2D eigenvalue weighted by Crippen LogP contribution is -2.41. The molecule has 1 heterocycles. The highest BCUT2D eigenvalue weighted by Gasteiger charge is 2.37. The van der Waals surface area contributed by atoms with Gasteiger partial charge in [-0.3, -0.25) is 19.2 Å². The Hall–Kier alpha value is -4.58. The molecule has 0 saturated heterocycles. The first-order valence-electron chi connectivity index (χ1n) is 13.2. The number of hydrogen-bond acceptors (Lipinski definition) is 4. The zero-order valence-electron chi connectivity index (χ0n) is 22.8. The number of hydrogen-bond donors (Lipinski definition) is 0. The molecular formula is C33H30N2O4. The highest BCUT2D eigenvalue weighted by molar-refractivity contribution is 6.37. The lowest BCUT2D eigenvalue weighted by Gasteiger charge is -2.31. The van der Waals surface area contributed by atoms with Crippen LogP contribution in [0.25, 0.3) is 10.8 Å². The molecule has 0 aromatic heterocycles. The van der Waals surface area contributed by atoms with Gasteiger partial charge < -0.3 is 0 Å². The fraction of sp³-hybridized carbons (Fsp3) is 0.212. The Morgan fingerprint density at radius 1 is 0.744 bits per heavy atom. The van der Waals surface area contributed by atoms with Crippen LogP contribution in [0.15, 0.2) is 60.7 Å². The Bertz CT molecular complexity index is 1680. The molecule has 39 heavy (non-hydrogen) atoms. The van der Waals surface area contributed by atoms with Crippen LogP contribution in [0.5, 0.6) is 0 Å². The zero-order valence-corrected chi connectivity index (χ0v) is 22.8. The number of para-hydroxylation sites is 2. The van der Waals surface area contributed by atoms with Gasteiger partial charge in [0.25, 0.3) is 17.7 Å². The van der Waals surface area contributed by atoms with Crippen LogP contribution in [0.2, 0.25) is 0 Å². The molecule has 0 aliphatic carbocycles. The molecule has 0 radical (unpaired) electrons. The summed E-state index contributed by atoms with van der Waals surface area (Å²) in [6.07, 6.45) is 1.85. The molecule has 196 valence electrons. The van der Waals surface area contributed by atoms with Gasteiger partial charge in [-0.25, -0.2) is 9.80 Å². The number of rotatable bonds is 6.